The van der Waals surface area contributed by atoms with Crippen LogP contribution in [0, 0.1) is 22.2 Å². The molecule has 1 aliphatic heterocycles. The second-order valence-electron chi connectivity index (χ2n) is 12.3. The van der Waals surface area contributed by atoms with E-state index in [0.29, 0.717) is 29.6 Å². The molecule has 2 heterocycles. The third kappa shape index (κ3) is 2.78. The zero-order chi connectivity index (χ0) is 28.3. The van der Waals surface area contributed by atoms with Crippen molar-refractivity contribution < 1.29 is 48.0 Å². The van der Waals surface area contributed by atoms with Crippen molar-refractivity contribution in [3.8, 4) is 0 Å². The molecule has 0 spiro atoms. The highest BCUT2D eigenvalue weighted by atomic mass is 16.6. The van der Waals surface area contributed by atoms with Crippen molar-refractivity contribution >= 4 is 23.7 Å². The van der Waals surface area contributed by atoms with Crippen LogP contribution in [0.1, 0.15) is 65.0 Å². The summed E-state index contributed by atoms with van der Waals surface area (Å²) in [5.41, 5.74) is -5.84. The molecule has 8 unspecified atom stereocenters. The summed E-state index contributed by atoms with van der Waals surface area (Å²) in [6.07, 6.45) is 2.28. The van der Waals surface area contributed by atoms with Crippen LogP contribution in [-0.4, -0.2) is 58.3 Å². The number of fused-ring (bicyclic) bond motifs is 5. The van der Waals surface area contributed by atoms with Gasteiger partial charge in [-0.05, 0) is 42.4 Å². The molecule has 0 saturated heterocycles. The molecule has 208 valence electrons. The molecule has 0 amide bonds. The molecule has 5 aliphatic rings. The van der Waals surface area contributed by atoms with Crippen molar-refractivity contribution in [2.24, 2.45) is 22.2 Å². The van der Waals surface area contributed by atoms with Gasteiger partial charge in [0.1, 0.15) is 11.7 Å². The molecule has 2 bridgehead atoms. The van der Waals surface area contributed by atoms with Gasteiger partial charge < -0.3 is 28.8 Å². The first-order valence-electron chi connectivity index (χ1n) is 13.1. The lowest BCUT2D eigenvalue weighted by Crippen LogP contribution is -2.70. The van der Waals surface area contributed by atoms with Crippen LogP contribution in [0.2, 0.25) is 0 Å². The van der Waals surface area contributed by atoms with E-state index < -0.39 is 69.3 Å². The van der Waals surface area contributed by atoms with Crippen molar-refractivity contribution in [2.75, 3.05) is 7.11 Å². The SMILES string of the molecule is COC(=O)CC1C2(C)CC3(O)C1(C)C1=C(C4=CC(=O)OC(c5ccoc5)C4(C)CC1)C3(O)C(OC(C)=O)C2=O. The first-order valence-corrected chi connectivity index (χ1v) is 13.1. The predicted molar refractivity (Wildman–Crippen MR) is 131 cm³/mol. The summed E-state index contributed by atoms with van der Waals surface area (Å²) in [5.74, 6) is -3.36. The fraction of sp³-hybridized carbons (Fsp3) is 0.586. The van der Waals surface area contributed by atoms with Gasteiger partial charge in [-0.1, -0.05) is 26.3 Å². The van der Waals surface area contributed by atoms with Crippen molar-refractivity contribution in [2.45, 2.75) is 76.8 Å². The highest BCUT2D eigenvalue weighted by Crippen LogP contribution is 2.79. The number of methoxy groups -OCH3 is 1. The Kier molecular flexibility index (Phi) is 5.13. The average Bonchev–Trinajstić information content (AvgIpc) is 3.50. The van der Waals surface area contributed by atoms with Gasteiger partial charge in [0.15, 0.2) is 17.5 Å². The molecule has 4 aliphatic carbocycles. The lowest BCUT2D eigenvalue weighted by Gasteiger charge is -2.53. The Balaban J connectivity index is 1.65. The van der Waals surface area contributed by atoms with Crippen LogP contribution in [0.3, 0.4) is 0 Å². The highest BCUT2D eigenvalue weighted by molar-refractivity contribution is 5.98. The van der Waals surface area contributed by atoms with Crippen molar-refractivity contribution in [3.05, 3.63) is 47.0 Å². The number of carbonyl (C=O) groups is 4. The minimum absolute atomic E-state index is 0.155. The number of aliphatic hydroxyl groups is 2. The number of hydrogen-bond donors (Lipinski definition) is 2. The van der Waals surface area contributed by atoms with E-state index in [-0.39, 0.29) is 18.4 Å². The Bertz CT molecular complexity index is 1390. The summed E-state index contributed by atoms with van der Waals surface area (Å²) >= 11 is 0. The van der Waals surface area contributed by atoms with Gasteiger partial charge in [-0.15, -0.1) is 0 Å². The van der Waals surface area contributed by atoms with E-state index in [2.05, 4.69) is 0 Å². The number of furan rings is 1. The third-order valence-electron chi connectivity index (χ3n) is 10.7. The molecule has 1 aromatic rings. The van der Waals surface area contributed by atoms with E-state index in [1.54, 1.807) is 19.9 Å². The number of esters is 3. The molecule has 1 aromatic heterocycles. The molecule has 2 fully saturated rings. The van der Waals surface area contributed by atoms with Crippen LogP contribution in [-0.2, 0) is 33.4 Å². The number of carbonyl (C=O) groups excluding carboxylic acids is 4. The Morgan fingerprint density at radius 3 is 2.49 bits per heavy atom. The summed E-state index contributed by atoms with van der Waals surface area (Å²) < 4.78 is 21.6. The first kappa shape index (κ1) is 26.0. The van der Waals surface area contributed by atoms with Gasteiger partial charge >= 0.3 is 17.9 Å². The summed E-state index contributed by atoms with van der Waals surface area (Å²) in [6.45, 7) is 6.45. The number of cyclic esters (lactones) is 1. The Morgan fingerprint density at radius 1 is 1.15 bits per heavy atom. The van der Waals surface area contributed by atoms with Gasteiger partial charge in [0.2, 0.25) is 0 Å². The number of rotatable bonds is 4. The molecule has 10 heteroatoms. The maximum atomic E-state index is 14.2. The lowest BCUT2D eigenvalue weighted by atomic mass is 9.55. The molecular formula is C29H32O10. The van der Waals surface area contributed by atoms with Gasteiger partial charge in [-0.2, -0.15) is 0 Å². The van der Waals surface area contributed by atoms with E-state index in [1.165, 1.54) is 25.7 Å². The predicted octanol–water partition coefficient (Wildman–Crippen LogP) is 2.49. The van der Waals surface area contributed by atoms with Crippen molar-refractivity contribution in [1.82, 2.24) is 0 Å². The fourth-order valence-corrected chi connectivity index (χ4v) is 8.86. The maximum absolute atomic E-state index is 14.2. The molecule has 2 N–H and O–H groups in total. The zero-order valence-corrected chi connectivity index (χ0v) is 22.5. The maximum Gasteiger partial charge on any atom is 0.331 e. The summed E-state index contributed by atoms with van der Waals surface area (Å²) in [6, 6.07) is 1.70. The number of hydrogen-bond acceptors (Lipinski definition) is 10. The number of Topliss-reactive ketones (excluding diaryl/α,β-unsaturated/α-hetero) is 1. The van der Waals surface area contributed by atoms with Crippen LogP contribution in [0.25, 0.3) is 0 Å². The quantitative estimate of drug-likeness (QED) is 0.431. The van der Waals surface area contributed by atoms with Crippen LogP contribution >= 0.6 is 0 Å². The van der Waals surface area contributed by atoms with Crippen molar-refractivity contribution in [1.29, 1.82) is 0 Å². The van der Waals surface area contributed by atoms with Gasteiger partial charge in [0, 0.05) is 34.8 Å². The smallest absolute Gasteiger partial charge is 0.331 e. The first-order chi connectivity index (χ1) is 18.2. The topological polar surface area (TPSA) is 150 Å². The second-order valence-corrected chi connectivity index (χ2v) is 12.3. The van der Waals surface area contributed by atoms with Crippen LogP contribution in [0.5, 0.6) is 0 Å². The van der Waals surface area contributed by atoms with Gasteiger partial charge in [-0.3, -0.25) is 14.4 Å². The van der Waals surface area contributed by atoms with Gasteiger partial charge in [0.05, 0.1) is 26.1 Å². The monoisotopic (exact) mass is 540 g/mol. The van der Waals surface area contributed by atoms with Crippen LogP contribution < -0.4 is 0 Å². The Morgan fingerprint density at radius 2 is 1.87 bits per heavy atom. The average molecular weight is 541 g/mol. The van der Waals surface area contributed by atoms with Crippen LogP contribution in [0.15, 0.2) is 45.8 Å². The summed E-state index contributed by atoms with van der Waals surface area (Å²) in [7, 11) is 1.25. The standard InChI is InChI=1S/C29H32O10/c1-14(30)38-24-22(33)26(3)13-28(34)27(4,18(26)11-19(31)36-5)16-6-8-25(2)17(21(16)29(24,28)35)10-20(32)39-23(25)15-7-9-37-12-15/h7,9-10,12,18,23-24,34-35H,6,8,11,13H2,1-5H3. The molecule has 6 rings (SSSR count). The number of ketones is 1. The van der Waals surface area contributed by atoms with E-state index >= 15 is 0 Å². The molecule has 10 nitrogen and oxygen atoms in total. The lowest BCUT2D eigenvalue weighted by molar-refractivity contribution is -0.223. The minimum atomic E-state index is -2.36. The second kappa shape index (κ2) is 7.69. The molecular weight excluding hydrogens is 508 g/mol. The largest absolute Gasteiger partial charge is 0.472 e. The normalized spacial score (nSPS) is 43.9. The highest BCUT2D eigenvalue weighted by Gasteiger charge is 2.87. The van der Waals surface area contributed by atoms with Gasteiger partial charge in [-0.25, -0.2) is 4.79 Å². The van der Waals surface area contributed by atoms with E-state index in [0.717, 1.165) is 6.92 Å². The van der Waals surface area contributed by atoms with Crippen molar-refractivity contribution in [3.63, 3.8) is 0 Å². The molecule has 0 aromatic carbocycles. The van der Waals surface area contributed by atoms with E-state index in [1.807, 2.05) is 6.92 Å². The third-order valence-corrected chi connectivity index (χ3v) is 10.7. The molecule has 2 saturated carbocycles. The van der Waals surface area contributed by atoms with E-state index in [9.17, 15) is 29.4 Å². The fourth-order valence-electron chi connectivity index (χ4n) is 8.86. The number of ether oxygens (including phenoxy) is 3. The molecule has 39 heavy (non-hydrogen) atoms. The summed E-state index contributed by atoms with van der Waals surface area (Å²) in [5, 5.41) is 25.4. The summed E-state index contributed by atoms with van der Waals surface area (Å²) in [4.78, 5) is 52.1. The van der Waals surface area contributed by atoms with Crippen LogP contribution in [0.4, 0.5) is 0 Å². The Labute approximate surface area is 225 Å². The Hall–Kier alpha value is -3.24. The van der Waals surface area contributed by atoms with Gasteiger partial charge in [0.25, 0.3) is 0 Å². The minimum Gasteiger partial charge on any atom is -0.472 e. The van der Waals surface area contributed by atoms with E-state index in [4.69, 9.17) is 18.6 Å². The zero-order valence-electron chi connectivity index (χ0n) is 22.5. The molecule has 0 radical (unpaired) electrons. The molecule has 8 atom stereocenters.